The Labute approximate surface area is 99.9 Å². The molecule has 0 spiro atoms. The summed E-state index contributed by atoms with van der Waals surface area (Å²) in [5, 5.41) is 8.20. The highest BCUT2D eigenvalue weighted by molar-refractivity contribution is 5.77. The number of benzene rings is 1. The lowest BCUT2D eigenvalue weighted by molar-refractivity contribution is 0.239. The first-order valence-electron chi connectivity index (χ1n) is 6.12. The van der Waals surface area contributed by atoms with Crippen molar-refractivity contribution in [3.63, 3.8) is 0 Å². The van der Waals surface area contributed by atoms with Gasteiger partial charge >= 0.3 is 0 Å². The zero-order valence-corrected chi connectivity index (χ0v) is 9.69. The molecule has 1 aliphatic rings. The van der Waals surface area contributed by atoms with Crippen LogP contribution in [0.3, 0.4) is 0 Å². The summed E-state index contributed by atoms with van der Waals surface area (Å²) in [5.74, 6) is 0.882. The van der Waals surface area contributed by atoms with E-state index in [1.165, 1.54) is 19.3 Å². The average molecular weight is 232 g/mol. The van der Waals surface area contributed by atoms with Gasteiger partial charge in [-0.3, -0.25) is 0 Å². The molecule has 17 heavy (non-hydrogen) atoms. The molecule has 1 atom stereocenters. The van der Waals surface area contributed by atoms with Crippen molar-refractivity contribution < 1.29 is 9.26 Å². The van der Waals surface area contributed by atoms with E-state index in [4.69, 9.17) is 9.26 Å². The van der Waals surface area contributed by atoms with Crippen LogP contribution in [-0.4, -0.2) is 24.4 Å². The highest BCUT2D eigenvalue weighted by atomic mass is 16.5. The smallest absolute Gasteiger partial charge is 0.167 e. The first kappa shape index (κ1) is 10.6. The van der Waals surface area contributed by atoms with Crippen LogP contribution in [0.4, 0.5) is 0 Å². The lowest BCUT2D eigenvalue weighted by Crippen LogP contribution is -2.38. The molecule has 1 saturated heterocycles. The van der Waals surface area contributed by atoms with Gasteiger partial charge in [-0.05, 0) is 37.6 Å². The van der Waals surface area contributed by atoms with Crippen molar-refractivity contribution >= 4 is 11.0 Å². The van der Waals surface area contributed by atoms with E-state index in [-0.39, 0.29) is 0 Å². The Morgan fingerprint density at radius 1 is 1.41 bits per heavy atom. The molecule has 3 rings (SSSR count). The van der Waals surface area contributed by atoms with Gasteiger partial charge < -0.3 is 14.6 Å². The molecule has 2 aromatic rings. The van der Waals surface area contributed by atoms with Crippen LogP contribution in [0.1, 0.15) is 19.3 Å². The van der Waals surface area contributed by atoms with Crippen molar-refractivity contribution in [3.8, 4) is 5.75 Å². The number of hydrogen-bond donors (Lipinski definition) is 1. The molecule has 1 unspecified atom stereocenters. The van der Waals surface area contributed by atoms with E-state index in [9.17, 15) is 0 Å². The van der Waals surface area contributed by atoms with Crippen LogP contribution in [0.5, 0.6) is 5.75 Å². The number of ether oxygens (including phenoxy) is 1. The van der Waals surface area contributed by atoms with Crippen molar-refractivity contribution in [2.24, 2.45) is 0 Å². The van der Waals surface area contributed by atoms with Gasteiger partial charge in [0.05, 0.1) is 6.20 Å². The minimum Gasteiger partial charge on any atom is -0.492 e. The fraction of sp³-hybridized carbons (Fsp3) is 0.462. The van der Waals surface area contributed by atoms with Crippen LogP contribution >= 0.6 is 0 Å². The third-order valence-electron chi connectivity index (χ3n) is 3.19. The molecule has 0 amide bonds. The molecule has 0 saturated carbocycles. The van der Waals surface area contributed by atoms with Crippen LogP contribution in [0.15, 0.2) is 28.9 Å². The topological polar surface area (TPSA) is 47.3 Å². The SMILES string of the molecule is c1cc2oncc2cc1OCC1CCCCN1. The van der Waals surface area contributed by atoms with Crippen LogP contribution in [0.2, 0.25) is 0 Å². The lowest BCUT2D eigenvalue weighted by Gasteiger charge is -2.23. The van der Waals surface area contributed by atoms with Gasteiger partial charge in [0.1, 0.15) is 12.4 Å². The monoisotopic (exact) mass is 232 g/mol. The van der Waals surface area contributed by atoms with Crippen molar-refractivity contribution in [1.29, 1.82) is 0 Å². The number of nitrogens with zero attached hydrogens (tertiary/aromatic N) is 1. The quantitative estimate of drug-likeness (QED) is 0.882. The number of aromatic nitrogens is 1. The van der Waals surface area contributed by atoms with Gasteiger partial charge in [0.15, 0.2) is 5.58 Å². The summed E-state index contributed by atoms with van der Waals surface area (Å²) in [6.07, 6.45) is 5.49. The number of rotatable bonds is 3. The third kappa shape index (κ3) is 2.42. The largest absolute Gasteiger partial charge is 0.492 e. The average Bonchev–Trinajstić information content (AvgIpc) is 2.85. The van der Waals surface area contributed by atoms with E-state index in [1.807, 2.05) is 18.2 Å². The van der Waals surface area contributed by atoms with Gasteiger partial charge in [-0.25, -0.2) is 0 Å². The zero-order valence-electron chi connectivity index (χ0n) is 9.69. The predicted molar refractivity (Wildman–Crippen MR) is 65.1 cm³/mol. The molecule has 90 valence electrons. The summed E-state index contributed by atoms with van der Waals surface area (Å²) in [7, 11) is 0. The van der Waals surface area contributed by atoms with Crippen LogP contribution in [0, 0.1) is 0 Å². The van der Waals surface area contributed by atoms with Gasteiger partial charge in [0.2, 0.25) is 0 Å². The van der Waals surface area contributed by atoms with Crippen molar-refractivity contribution in [2.45, 2.75) is 25.3 Å². The first-order valence-corrected chi connectivity index (χ1v) is 6.12. The molecule has 1 N–H and O–H groups in total. The van der Waals surface area contributed by atoms with E-state index in [2.05, 4.69) is 10.5 Å². The predicted octanol–water partition coefficient (Wildman–Crippen LogP) is 2.35. The second-order valence-corrected chi connectivity index (χ2v) is 4.48. The molecular weight excluding hydrogens is 216 g/mol. The second kappa shape index (κ2) is 4.75. The van der Waals surface area contributed by atoms with Crippen molar-refractivity contribution in [2.75, 3.05) is 13.2 Å². The van der Waals surface area contributed by atoms with Gasteiger partial charge in [-0.15, -0.1) is 0 Å². The maximum absolute atomic E-state index is 5.79. The number of nitrogens with one attached hydrogen (secondary N) is 1. The summed E-state index contributed by atoms with van der Waals surface area (Å²) >= 11 is 0. The summed E-state index contributed by atoms with van der Waals surface area (Å²) in [5.41, 5.74) is 0.799. The van der Waals surface area contributed by atoms with Crippen LogP contribution < -0.4 is 10.1 Å². The van der Waals surface area contributed by atoms with Gasteiger partial charge in [-0.2, -0.15) is 0 Å². The summed E-state index contributed by atoms with van der Waals surface area (Å²) in [6, 6.07) is 6.28. The first-order chi connectivity index (χ1) is 8.42. The maximum Gasteiger partial charge on any atom is 0.167 e. The summed E-state index contributed by atoms with van der Waals surface area (Å²) < 4.78 is 10.8. The molecule has 1 aromatic carbocycles. The van der Waals surface area contributed by atoms with E-state index in [0.717, 1.165) is 29.9 Å². The molecule has 0 bridgehead atoms. The van der Waals surface area contributed by atoms with Crippen LogP contribution in [0.25, 0.3) is 11.0 Å². The molecule has 2 heterocycles. The van der Waals surface area contributed by atoms with Crippen LogP contribution in [-0.2, 0) is 0 Å². The maximum atomic E-state index is 5.79. The Kier molecular flexibility index (Phi) is 2.96. The minimum atomic E-state index is 0.488. The Balaban J connectivity index is 1.63. The Hall–Kier alpha value is -1.55. The van der Waals surface area contributed by atoms with Crippen molar-refractivity contribution in [1.82, 2.24) is 10.5 Å². The fourth-order valence-electron chi connectivity index (χ4n) is 2.20. The van der Waals surface area contributed by atoms with Gasteiger partial charge in [0, 0.05) is 11.4 Å². The number of fused-ring (bicyclic) bond motifs is 1. The second-order valence-electron chi connectivity index (χ2n) is 4.48. The molecular formula is C13H16N2O2. The Bertz CT molecular complexity index is 489. The highest BCUT2D eigenvalue weighted by Crippen LogP contribution is 2.20. The highest BCUT2D eigenvalue weighted by Gasteiger charge is 2.13. The zero-order chi connectivity index (χ0) is 11.5. The van der Waals surface area contributed by atoms with E-state index < -0.39 is 0 Å². The molecule has 4 heteroatoms. The lowest BCUT2D eigenvalue weighted by atomic mass is 10.1. The molecule has 1 fully saturated rings. The van der Waals surface area contributed by atoms with Gasteiger partial charge in [-0.1, -0.05) is 11.6 Å². The fourth-order valence-corrected chi connectivity index (χ4v) is 2.20. The molecule has 0 aliphatic carbocycles. The number of piperidine rings is 1. The van der Waals surface area contributed by atoms with E-state index in [0.29, 0.717) is 6.04 Å². The molecule has 1 aromatic heterocycles. The minimum absolute atomic E-state index is 0.488. The molecule has 0 radical (unpaired) electrons. The Morgan fingerprint density at radius 2 is 2.41 bits per heavy atom. The standard InChI is InChI=1S/C13H16N2O2/c1-2-6-14-11(3-1)9-16-12-4-5-13-10(7-12)8-15-17-13/h4-5,7-8,11,14H,1-3,6,9H2. The molecule has 4 nitrogen and oxygen atoms in total. The third-order valence-corrected chi connectivity index (χ3v) is 3.19. The van der Waals surface area contributed by atoms with E-state index >= 15 is 0 Å². The van der Waals surface area contributed by atoms with Gasteiger partial charge in [0.25, 0.3) is 0 Å². The summed E-state index contributed by atoms with van der Waals surface area (Å²) in [4.78, 5) is 0. The molecule has 1 aliphatic heterocycles. The normalized spacial score (nSPS) is 20.6. The number of hydrogen-bond acceptors (Lipinski definition) is 4. The summed E-state index contributed by atoms with van der Waals surface area (Å²) in [6.45, 7) is 1.84. The van der Waals surface area contributed by atoms with E-state index in [1.54, 1.807) is 6.20 Å². The Morgan fingerprint density at radius 3 is 3.29 bits per heavy atom. The van der Waals surface area contributed by atoms with Crippen molar-refractivity contribution in [3.05, 3.63) is 24.4 Å².